The third-order valence-electron chi connectivity index (χ3n) is 3.17. The molecule has 0 unspecified atom stereocenters. The zero-order valence-corrected chi connectivity index (χ0v) is 16.6. The molecule has 7 nitrogen and oxygen atoms in total. The molecule has 7 heteroatoms. The molecule has 0 aliphatic heterocycles. The fourth-order valence-electron chi connectivity index (χ4n) is 2.33. The average molecular weight is 365 g/mol. The molecule has 2 amide bonds. The highest BCUT2D eigenvalue weighted by molar-refractivity contribution is 5.93. The highest BCUT2D eigenvalue weighted by atomic mass is 16.5. The Labute approximate surface area is 156 Å². The second kappa shape index (κ2) is 10.0. The summed E-state index contributed by atoms with van der Waals surface area (Å²) in [5.74, 6) is 0.906. The van der Waals surface area contributed by atoms with E-state index in [0.29, 0.717) is 30.4 Å². The van der Waals surface area contributed by atoms with Gasteiger partial charge in [0.05, 0.1) is 26.3 Å². The van der Waals surface area contributed by atoms with Crippen LogP contribution in [0.1, 0.15) is 34.6 Å². The van der Waals surface area contributed by atoms with Gasteiger partial charge in [0.1, 0.15) is 0 Å². The average Bonchev–Trinajstić information content (AvgIpc) is 2.47. The van der Waals surface area contributed by atoms with Gasteiger partial charge >= 0.3 is 0 Å². The lowest BCUT2D eigenvalue weighted by atomic mass is 10.1. The highest BCUT2D eigenvalue weighted by Crippen LogP contribution is 2.30. The number of carbonyl (C=O) groups excluding carboxylic acids is 2. The maximum absolute atomic E-state index is 12.2. The summed E-state index contributed by atoms with van der Waals surface area (Å²) in [5, 5.41) is 5.68. The maximum Gasteiger partial charge on any atom is 0.238 e. The Hall–Kier alpha value is -2.28. The van der Waals surface area contributed by atoms with E-state index in [0.717, 1.165) is 0 Å². The van der Waals surface area contributed by atoms with Crippen molar-refractivity contribution in [1.29, 1.82) is 0 Å². The monoisotopic (exact) mass is 365 g/mol. The van der Waals surface area contributed by atoms with Crippen LogP contribution in [0, 0.1) is 0 Å². The number of hydrogen-bond acceptors (Lipinski definition) is 5. The number of hydrogen-bond donors (Lipinski definition) is 2. The first kappa shape index (κ1) is 21.8. The maximum atomic E-state index is 12.2. The van der Waals surface area contributed by atoms with Gasteiger partial charge in [-0.2, -0.15) is 0 Å². The molecule has 0 aliphatic rings. The molecular weight excluding hydrogens is 334 g/mol. The van der Waals surface area contributed by atoms with Gasteiger partial charge in [-0.05, 0) is 53.8 Å². The molecule has 0 bridgehead atoms. The van der Waals surface area contributed by atoms with Crippen LogP contribution in [0.25, 0.3) is 0 Å². The molecule has 0 spiro atoms. The summed E-state index contributed by atoms with van der Waals surface area (Å²) in [6.45, 7) is 10.8. The zero-order valence-electron chi connectivity index (χ0n) is 16.6. The minimum Gasteiger partial charge on any atom is -0.490 e. The van der Waals surface area contributed by atoms with Crippen molar-refractivity contribution >= 4 is 17.5 Å². The minimum atomic E-state index is -0.293. The van der Waals surface area contributed by atoms with E-state index in [9.17, 15) is 9.59 Å². The number of ether oxygens (including phenoxy) is 2. The first-order valence-electron chi connectivity index (χ1n) is 8.83. The first-order valence-corrected chi connectivity index (χ1v) is 8.83. The van der Waals surface area contributed by atoms with E-state index >= 15 is 0 Å². The van der Waals surface area contributed by atoms with Crippen molar-refractivity contribution in [3.05, 3.63) is 18.2 Å². The van der Waals surface area contributed by atoms with Gasteiger partial charge in [-0.25, -0.2) is 0 Å². The van der Waals surface area contributed by atoms with Crippen molar-refractivity contribution in [3.63, 3.8) is 0 Å². The Balaban J connectivity index is 2.61. The zero-order chi connectivity index (χ0) is 19.7. The minimum absolute atomic E-state index is 0.106. The van der Waals surface area contributed by atoms with Crippen LogP contribution >= 0.6 is 0 Å². The third kappa shape index (κ3) is 8.20. The fourth-order valence-corrected chi connectivity index (χ4v) is 2.33. The molecule has 0 heterocycles. The molecule has 2 N–H and O–H groups in total. The summed E-state index contributed by atoms with van der Waals surface area (Å²) >= 11 is 0. The summed E-state index contributed by atoms with van der Waals surface area (Å²) in [5.41, 5.74) is 0.326. The predicted molar refractivity (Wildman–Crippen MR) is 103 cm³/mol. The van der Waals surface area contributed by atoms with Crippen LogP contribution in [-0.4, -0.2) is 55.6 Å². The van der Waals surface area contributed by atoms with E-state index in [2.05, 4.69) is 10.6 Å². The van der Waals surface area contributed by atoms with Gasteiger partial charge in [0.15, 0.2) is 11.5 Å². The lowest BCUT2D eigenvalue weighted by molar-refractivity contribution is -0.124. The molecule has 146 valence electrons. The van der Waals surface area contributed by atoms with Crippen molar-refractivity contribution in [2.24, 2.45) is 0 Å². The largest absolute Gasteiger partial charge is 0.490 e. The van der Waals surface area contributed by atoms with E-state index in [1.807, 2.05) is 34.6 Å². The molecule has 0 fully saturated rings. The second-order valence-corrected chi connectivity index (χ2v) is 7.05. The van der Waals surface area contributed by atoms with E-state index < -0.39 is 0 Å². The van der Waals surface area contributed by atoms with Gasteiger partial charge in [0.2, 0.25) is 11.8 Å². The number of likely N-dealkylation sites (N-methyl/N-ethyl adjacent to an activating group) is 1. The Bertz CT molecular complexity index is 611. The van der Waals surface area contributed by atoms with Gasteiger partial charge < -0.3 is 20.1 Å². The van der Waals surface area contributed by atoms with Gasteiger partial charge in [-0.3, -0.25) is 14.5 Å². The molecule has 0 radical (unpaired) electrons. The van der Waals surface area contributed by atoms with E-state index in [1.165, 1.54) is 0 Å². The summed E-state index contributed by atoms with van der Waals surface area (Å²) in [6.07, 6.45) is 0. The Morgan fingerprint density at radius 3 is 2.15 bits per heavy atom. The summed E-state index contributed by atoms with van der Waals surface area (Å²) in [6, 6.07) is 5.26. The number of anilines is 1. The standard InChI is InChI=1S/C19H31N3O4/c1-7-25-15-10-9-14(11-16(15)26-8-2)20-17(23)12-22(6)13-18(24)21-19(3,4)5/h9-11H,7-8,12-13H2,1-6H3,(H,20,23)(H,21,24). The SMILES string of the molecule is CCOc1ccc(NC(=O)CN(C)CC(=O)NC(C)(C)C)cc1OCC. The van der Waals surface area contributed by atoms with Gasteiger partial charge in [-0.15, -0.1) is 0 Å². The summed E-state index contributed by atoms with van der Waals surface area (Å²) in [7, 11) is 1.73. The Kier molecular flexibility index (Phi) is 8.38. The highest BCUT2D eigenvalue weighted by Gasteiger charge is 2.16. The van der Waals surface area contributed by atoms with Crippen molar-refractivity contribution < 1.29 is 19.1 Å². The van der Waals surface area contributed by atoms with Crippen LogP contribution in [0.3, 0.4) is 0 Å². The van der Waals surface area contributed by atoms with Crippen LogP contribution in [0.15, 0.2) is 18.2 Å². The molecule has 1 aromatic carbocycles. The number of amides is 2. The second-order valence-electron chi connectivity index (χ2n) is 7.05. The van der Waals surface area contributed by atoms with Gasteiger partial charge in [0.25, 0.3) is 0 Å². The molecule has 1 rings (SSSR count). The van der Waals surface area contributed by atoms with Crippen molar-refractivity contribution in [2.45, 2.75) is 40.2 Å². The number of nitrogens with one attached hydrogen (secondary N) is 2. The normalized spacial score (nSPS) is 11.2. The number of rotatable bonds is 9. The molecular formula is C19H31N3O4. The number of nitrogens with zero attached hydrogens (tertiary/aromatic N) is 1. The van der Waals surface area contributed by atoms with Gasteiger partial charge in [-0.1, -0.05) is 0 Å². The molecule has 26 heavy (non-hydrogen) atoms. The number of carbonyl (C=O) groups is 2. The summed E-state index contributed by atoms with van der Waals surface area (Å²) < 4.78 is 11.1. The first-order chi connectivity index (χ1) is 12.1. The van der Waals surface area contributed by atoms with Crippen LogP contribution in [0.2, 0.25) is 0 Å². The fraction of sp³-hybridized carbons (Fsp3) is 0.579. The third-order valence-corrected chi connectivity index (χ3v) is 3.17. The van der Waals surface area contributed by atoms with Crippen molar-refractivity contribution in [2.75, 3.05) is 38.7 Å². The molecule has 0 aromatic heterocycles. The van der Waals surface area contributed by atoms with E-state index in [1.54, 1.807) is 30.1 Å². The predicted octanol–water partition coefficient (Wildman–Crippen LogP) is 2.27. The smallest absolute Gasteiger partial charge is 0.238 e. The van der Waals surface area contributed by atoms with E-state index in [4.69, 9.17) is 9.47 Å². The van der Waals surface area contributed by atoms with Crippen LogP contribution in [0.5, 0.6) is 11.5 Å². The molecule has 0 saturated heterocycles. The lowest BCUT2D eigenvalue weighted by Gasteiger charge is -2.23. The Morgan fingerprint density at radius 2 is 1.58 bits per heavy atom. The van der Waals surface area contributed by atoms with Crippen molar-refractivity contribution in [3.8, 4) is 11.5 Å². The van der Waals surface area contributed by atoms with Crippen LogP contribution in [0.4, 0.5) is 5.69 Å². The molecule has 1 aromatic rings. The van der Waals surface area contributed by atoms with Crippen LogP contribution < -0.4 is 20.1 Å². The topological polar surface area (TPSA) is 79.9 Å². The van der Waals surface area contributed by atoms with E-state index in [-0.39, 0.29) is 30.4 Å². The lowest BCUT2D eigenvalue weighted by Crippen LogP contribution is -2.46. The number of benzene rings is 1. The van der Waals surface area contributed by atoms with Crippen LogP contribution in [-0.2, 0) is 9.59 Å². The summed E-state index contributed by atoms with van der Waals surface area (Å²) in [4.78, 5) is 25.8. The van der Waals surface area contributed by atoms with Crippen molar-refractivity contribution in [1.82, 2.24) is 10.2 Å². The Morgan fingerprint density at radius 1 is 1.00 bits per heavy atom. The quantitative estimate of drug-likeness (QED) is 0.702. The molecule has 0 atom stereocenters. The van der Waals surface area contributed by atoms with Gasteiger partial charge in [0, 0.05) is 17.3 Å². The molecule has 0 saturated carbocycles. The molecule has 0 aliphatic carbocycles.